The molecule has 4 rings (SSSR count). The number of hydrogen-bond acceptors (Lipinski definition) is 6. The number of para-hydroxylation sites is 1. The number of hydrogen-bond donors (Lipinski definition) is 1. The van der Waals surface area contributed by atoms with Crippen LogP contribution in [0.2, 0.25) is 0 Å². The van der Waals surface area contributed by atoms with Crippen LogP contribution in [-0.2, 0) is 6.42 Å². The van der Waals surface area contributed by atoms with Crippen molar-refractivity contribution >= 4 is 10.9 Å². The number of rotatable bonds is 5. The van der Waals surface area contributed by atoms with Crippen LogP contribution in [0.4, 0.5) is 0 Å². The monoisotopic (exact) mass is 312 g/mol. The molecule has 0 radical (unpaired) electrons. The van der Waals surface area contributed by atoms with Crippen molar-refractivity contribution in [3.63, 3.8) is 0 Å². The van der Waals surface area contributed by atoms with Gasteiger partial charge in [-0.25, -0.2) is 0 Å². The molecule has 0 unspecified atom stereocenters. The summed E-state index contributed by atoms with van der Waals surface area (Å²) < 4.78 is 7.24. The smallest absolute Gasteiger partial charge is 0.291 e. The Morgan fingerprint density at radius 3 is 2.91 bits per heavy atom. The van der Waals surface area contributed by atoms with Crippen LogP contribution < -0.4 is 5.73 Å². The van der Waals surface area contributed by atoms with E-state index in [1.807, 2.05) is 18.2 Å². The van der Waals surface area contributed by atoms with Gasteiger partial charge in [0, 0.05) is 31.6 Å². The van der Waals surface area contributed by atoms with Crippen molar-refractivity contribution in [3.8, 4) is 5.95 Å². The first-order chi connectivity index (χ1) is 11.3. The summed E-state index contributed by atoms with van der Waals surface area (Å²) in [7, 11) is 0. The SMILES string of the molecule is CCc1nn(-c2noc(C3CN(CCN)C3)n2)c2ccccc12. The van der Waals surface area contributed by atoms with Crippen LogP contribution in [-0.4, -0.2) is 51.0 Å². The van der Waals surface area contributed by atoms with E-state index in [0.717, 1.165) is 42.7 Å². The van der Waals surface area contributed by atoms with Gasteiger partial charge in [-0.3, -0.25) is 0 Å². The molecular formula is C16H20N6O. The standard InChI is InChI=1S/C16H20N6O/c1-2-13-12-5-3-4-6-14(12)22(19-13)16-18-15(23-20-16)11-9-21(10-11)8-7-17/h3-6,11H,2,7-10,17H2,1H3. The molecule has 7 nitrogen and oxygen atoms in total. The quantitative estimate of drug-likeness (QED) is 0.765. The first kappa shape index (κ1) is 14.3. The molecule has 1 fully saturated rings. The van der Waals surface area contributed by atoms with Gasteiger partial charge < -0.3 is 15.2 Å². The average Bonchev–Trinajstić information content (AvgIpc) is 3.14. The zero-order chi connectivity index (χ0) is 15.8. The van der Waals surface area contributed by atoms with Crippen LogP contribution in [0, 0.1) is 0 Å². The molecule has 1 aliphatic rings. The number of nitrogens with two attached hydrogens (primary N) is 1. The summed E-state index contributed by atoms with van der Waals surface area (Å²) in [5.74, 6) is 1.49. The maximum Gasteiger partial charge on any atom is 0.291 e. The maximum atomic E-state index is 5.57. The summed E-state index contributed by atoms with van der Waals surface area (Å²) in [4.78, 5) is 6.84. The zero-order valence-corrected chi connectivity index (χ0v) is 13.1. The lowest BCUT2D eigenvalue weighted by Crippen LogP contribution is -2.47. The Morgan fingerprint density at radius 2 is 2.13 bits per heavy atom. The minimum absolute atomic E-state index is 0.301. The van der Waals surface area contributed by atoms with Crippen molar-refractivity contribution in [3.05, 3.63) is 35.9 Å². The molecule has 0 bridgehead atoms. The third kappa shape index (κ3) is 2.42. The molecular weight excluding hydrogens is 292 g/mol. The van der Waals surface area contributed by atoms with E-state index in [1.165, 1.54) is 0 Å². The van der Waals surface area contributed by atoms with Crippen LogP contribution in [0.3, 0.4) is 0 Å². The van der Waals surface area contributed by atoms with Gasteiger partial charge in [-0.15, -0.1) is 0 Å². The lowest BCUT2D eigenvalue weighted by atomic mass is 10.0. The largest absolute Gasteiger partial charge is 0.337 e. The van der Waals surface area contributed by atoms with Crippen LogP contribution in [0.5, 0.6) is 0 Å². The molecule has 2 N–H and O–H groups in total. The summed E-state index contributed by atoms with van der Waals surface area (Å²) >= 11 is 0. The van der Waals surface area contributed by atoms with Gasteiger partial charge >= 0.3 is 0 Å². The van der Waals surface area contributed by atoms with Crippen molar-refractivity contribution in [1.82, 2.24) is 24.8 Å². The van der Waals surface area contributed by atoms with E-state index in [1.54, 1.807) is 4.68 Å². The summed E-state index contributed by atoms with van der Waals surface area (Å²) in [5.41, 5.74) is 7.62. The van der Waals surface area contributed by atoms with E-state index in [4.69, 9.17) is 10.3 Å². The van der Waals surface area contributed by atoms with Gasteiger partial charge in [0.25, 0.3) is 5.95 Å². The molecule has 3 aromatic rings. The highest BCUT2D eigenvalue weighted by atomic mass is 16.5. The van der Waals surface area contributed by atoms with Crippen LogP contribution in [0.1, 0.15) is 24.4 Å². The van der Waals surface area contributed by atoms with Crippen molar-refractivity contribution in [1.29, 1.82) is 0 Å². The maximum absolute atomic E-state index is 5.57. The van der Waals surface area contributed by atoms with Gasteiger partial charge in [0.15, 0.2) is 0 Å². The highest BCUT2D eigenvalue weighted by molar-refractivity contribution is 5.83. The summed E-state index contributed by atoms with van der Waals surface area (Å²) in [6.07, 6.45) is 0.870. The van der Waals surface area contributed by atoms with Crippen molar-refractivity contribution < 1.29 is 4.52 Å². The van der Waals surface area contributed by atoms with Crippen LogP contribution in [0.25, 0.3) is 16.9 Å². The molecule has 23 heavy (non-hydrogen) atoms. The van der Waals surface area contributed by atoms with Gasteiger partial charge in [-0.1, -0.05) is 25.1 Å². The average molecular weight is 312 g/mol. The van der Waals surface area contributed by atoms with Crippen LogP contribution >= 0.6 is 0 Å². The third-order valence-corrected chi connectivity index (χ3v) is 4.37. The van der Waals surface area contributed by atoms with E-state index in [0.29, 0.717) is 24.3 Å². The topological polar surface area (TPSA) is 86.0 Å². The van der Waals surface area contributed by atoms with Gasteiger partial charge in [0.2, 0.25) is 5.89 Å². The Bertz CT molecular complexity index is 817. The van der Waals surface area contributed by atoms with E-state index in [9.17, 15) is 0 Å². The molecule has 0 aliphatic carbocycles. The fourth-order valence-electron chi connectivity index (χ4n) is 3.11. The molecule has 0 amide bonds. The number of likely N-dealkylation sites (tertiary alicyclic amines) is 1. The molecule has 1 aromatic carbocycles. The fourth-order valence-corrected chi connectivity index (χ4v) is 3.11. The highest BCUT2D eigenvalue weighted by Crippen LogP contribution is 2.27. The number of nitrogens with zero attached hydrogens (tertiary/aromatic N) is 5. The molecule has 0 saturated carbocycles. The minimum Gasteiger partial charge on any atom is -0.337 e. The van der Waals surface area contributed by atoms with E-state index in [2.05, 4.69) is 33.1 Å². The van der Waals surface area contributed by atoms with E-state index >= 15 is 0 Å². The number of fused-ring (bicyclic) bond motifs is 1. The van der Waals surface area contributed by atoms with Crippen molar-refractivity contribution in [2.24, 2.45) is 5.73 Å². The lowest BCUT2D eigenvalue weighted by Gasteiger charge is -2.36. The van der Waals surface area contributed by atoms with E-state index < -0.39 is 0 Å². The Kier molecular flexibility index (Phi) is 3.59. The first-order valence-corrected chi connectivity index (χ1v) is 8.03. The Labute approximate surface area is 134 Å². The van der Waals surface area contributed by atoms with Crippen LogP contribution in [0.15, 0.2) is 28.8 Å². The predicted molar refractivity (Wildman–Crippen MR) is 86.5 cm³/mol. The van der Waals surface area contributed by atoms with Crippen molar-refractivity contribution in [2.75, 3.05) is 26.2 Å². The molecule has 1 saturated heterocycles. The Morgan fingerprint density at radius 1 is 1.30 bits per heavy atom. The normalized spacial score (nSPS) is 16.1. The Balaban J connectivity index is 1.63. The number of aryl methyl sites for hydroxylation is 1. The second-order valence-corrected chi connectivity index (χ2v) is 5.91. The highest BCUT2D eigenvalue weighted by Gasteiger charge is 2.32. The fraction of sp³-hybridized carbons (Fsp3) is 0.438. The molecule has 120 valence electrons. The van der Waals surface area contributed by atoms with E-state index in [-0.39, 0.29) is 0 Å². The van der Waals surface area contributed by atoms with Gasteiger partial charge in [-0.2, -0.15) is 14.8 Å². The summed E-state index contributed by atoms with van der Waals surface area (Å²) in [5, 5.41) is 9.91. The molecule has 0 spiro atoms. The number of aromatic nitrogens is 4. The zero-order valence-electron chi connectivity index (χ0n) is 13.1. The van der Waals surface area contributed by atoms with Crippen molar-refractivity contribution in [2.45, 2.75) is 19.3 Å². The van der Waals surface area contributed by atoms with Gasteiger partial charge in [-0.05, 0) is 17.6 Å². The second kappa shape index (κ2) is 5.75. The summed E-state index contributed by atoms with van der Waals surface area (Å²) in [6, 6.07) is 8.13. The predicted octanol–water partition coefficient (Wildman–Crippen LogP) is 1.33. The molecule has 2 aromatic heterocycles. The second-order valence-electron chi connectivity index (χ2n) is 5.91. The molecule has 0 atom stereocenters. The first-order valence-electron chi connectivity index (χ1n) is 8.03. The molecule has 1 aliphatic heterocycles. The van der Waals surface area contributed by atoms with Gasteiger partial charge in [0.1, 0.15) is 0 Å². The summed E-state index contributed by atoms with van der Waals surface area (Å²) in [6.45, 7) is 5.56. The third-order valence-electron chi connectivity index (χ3n) is 4.37. The number of benzene rings is 1. The lowest BCUT2D eigenvalue weighted by molar-refractivity contribution is 0.129. The molecule has 3 heterocycles. The Hall–Kier alpha value is -2.25. The minimum atomic E-state index is 0.301. The molecule has 7 heteroatoms. The van der Waals surface area contributed by atoms with Gasteiger partial charge in [0.05, 0.1) is 17.1 Å².